The van der Waals surface area contributed by atoms with Gasteiger partial charge in [-0.1, -0.05) is 29.8 Å². The van der Waals surface area contributed by atoms with E-state index >= 15 is 0 Å². The van der Waals surface area contributed by atoms with Gasteiger partial charge in [-0.2, -0.15) is 0 Å². The largest absolute Gasteiger partial charge is 0.338 e. The zero-order valence-electron chi connectivity index (χ0n) is 16.0. The second-order valence-corrected chi connectivity index (χ2v) is 7.43. The quantitative estimate of drug-likeness (QED) is 0.537. The van der Waals surface area contributed by atoms with Crippen LogP contribution in [0, 0.1) is 17.0 Å². The zero-order valence-corrected chi connectivity index (χ0v) is 16.9. The molecule has 0 aliphatic carbocycles. The van der Waals surface area contributed by atoms with Gasteiger partial charge < -0.3 is 10.2 Å². The molecule has 0 saturated heterocycles. The molecule has 0 bridgehead atoms. The molecule has 0 saturated carbocycles. The Hall–Kier alpha value is -2.87. The Bertz CT molecular complexity index is 855. The lowest BCUT2D eigenvalue weighted by Gasteiger charge is -2.25. The lowest BCUT2D eigenvalue weighted by Crippen LogP contribution is -2.31. The minimum atomic E-state index is -0.458. The fourth-order valence-corrected chi connectivity index (χ4v) is 3.24. The summed E-state index contributed by atoms with van der Waals surface area (Å²) in [6.45, 7) is 3.78. The number of thioether (sulfide) groups is 1. The molecule has 0 aromatic heterocycles. The fourth-order valence-electron chi connectivity index (χ4n) is 2.50. The molecule has 0 unspecified atom stereocenters. The molecular formula is C20H23N3O4S. The number of aryl methyl sites for hydroxylation is 1. The Balaban J connectivity index is 1.83. The molecule has 0 fully saturated rings. The number of nitro benzene ring substituents is 1. The van der Waals surface area contributed by atoms with Gasteiger partial charge in [0.15, 0.2) is 0 Å². The Morgan fingerprint density at radius 3 is 2.50 bits per heavy atom. The molecular weight excluding hydrogens is 378 g/mol. The van der Waals surface area contributed by atoms with E-state index in [0.717, 1.165) is 11.3 Å². The van der Waals surface area contributed by atoms with E-state index in [1.165, 1.54) is 28.8 Å². The molecule has 0 spiro atoms. The Kier molecular flexibility index (Phi) is 7.57. The number of hydrogen-bond donors (Lipinski definition) is 1. The maximum Gasteiger partial charge on any atom is 0.269 e. The van der Waals surface area contributed by atoms with Gasteiger partial charge in [0.2, 0.25) is 11.8 Å². The smallest absolute Gasteiger partial charge is 0.269 e. The molecule has 1 atom stereocenters. The van der Waals surface area contributed by atoms with Crippen molar-refractivity contribution in [2.45, 2.75) is 19.9 Å². The number of nitro groups is 1. The summed E-state index contributed by atoms with van der Waals surface area (Å²) in [5, 5.41) is 13.7. The van der Waals surface area contributed by atoms with E-state index in [9.17, 15) is 19.7 Å². The van der Waals surface area contributed by atoms with Gasteiger partial charge in [-0.25, -0.2) is 0 Å². The van der Waals surface area contributed by atoms with E-state index in [4.69, 9.17) is 0 Å². The number of carbonyl (C=O) groups excluding carboxylic acids is 2. The predicted octanol–water partition coefficient (Wildman–Crippen LogP) is 3.79. The molecule has 8 heteroatoms. The summed E-state index contributed by atoms with van der Waals surface area (Å²) in [5.74, 6) is -0.00129. The van der Waals surface area contributed by atoms with Crippen LogP contribution in [0.15, 0.2) is 48.5 Å². The maximum atomic E-state index is 12.4. The van der Waals surface area contributed by atoms with Gasteiger partial charge in [0.25, 0.3) is 5.69 Å². The third-order valence-corrected chi connectivity index (χ3v) is 5.25. The second-order valence-electron chi connectivity index (χ2n) is 6.44. The van der Waals surface area contributed by atoms with Gasteiger partial charge in [-0.15, -0.1) is 11.8 Å². The number of rotatable bonds is 8. The lowest BCUT2D eigenvalue weighted by molar-refractivity contribution is -0.384. The minimum absolute atomic E-state index is 0.00708. The molecule has 2 aromatic rings. The minimum Gasteiger partial charge on any atom is -0.338 e. The molecule has 2 amide bonds. The molecule has 0 radical (unpaired) electrons. The molecule has 0 aliphatic rings. The van der Waals surface area contributed by atoms with Gasteiger partial charge in [-0.3, -0.25) is 19.7 Å². The van der Waals surface area contributed by atoms with Crippen LogP contribution in [0.4, 0.5) is 11.4 Å². The van der Waals surface area contributed by atoms with Crippen LogP contribution in [-0.4, -0.2) is 40.2 Å². The van der Waals surface area contributed by atoms with Crippen molar-refractivity contribution in [1.29, 1.82) is 0 Å². The van der Waals surface area contributed by atoms with Crippen LogP contribution in [0.25, 0.3) is 0 Å². The third kappa shape index (κ3) is 6.09. The summed E-state index contributed by atoms with van der Waals surface area (Å²) in [7, 11) is 1.65. The highest BCUT2D eigenvalue weighted by molar-refractivity contribution is 8.00. The van der Waals surface area contributed by atoms with Crippen molar-refractivity contribution in [2.75, 3.05) is 23.9 Å². The molecule has 28 heavy (non-hydrogen) atoms. The molecule has 0 aliphatic heterocycles. The number of carbonyl (C=O) groups is 2. The predicted molar refractivity (Wildman–Crippen MR) is 111 cm³/mol. The number of amides is 2. The topological polar surface area (TPSA) is 92.6 Å². The standard InChI is InChI=1S/C20H23N3O4S/c1-14-7-9-17(10-8-14)21-19(24)12-28-13-20(25)22(3)15(2)16-5-4-6-18(11-16)23(26)27/h4-11,15H,12-13H2,1-3H3,(H,21,24)/t15-/m0/s1. The maximum absolute atomic E-state index is 12.4. The van der Waals surface area contributed by atoms with Crippen molar-refractivity contribution in [3.8, 4) is 0 Å². The highest BCUT2D eigenvalue weighted by atomic mass is 32.2. The van der Waals surface area contributed by atoms with Crippen molar-refractivity contribution in [3.05, 3.63) is 69.8 Å². The molecule has 7 nitrogen and oxygen atoms in total. The highest BCUT2D eigenvalue weighted by Crippen LogP contribution is 2.23. The van der Waals surface area contributed by atoms with E-state index in [0.29, 0.717) is 5.56 Å². The average molecular weight is 401 g/mol. The zero-order chi connectivity index (χ0) is 20.7. The van der Waals surface area contributed by atoms with E-state index in [1.807, 2.05) is 38.1 Å². The van der Waals surface area contributed by atoms with Crippen LogP contribution in [-0.2, 0) is 9.59 Å². The van der Waals surface area contributed by atoms with E-state index in [2.05, 4.69) is 5.32 Å². The Morgan fingerprint density at radius 2 is 1.86 bits per heavy atom. The molecule has 2 aromatic carbocycles. The summed E-state index contributed by atoms with van der Waals surface area (Å²) in [5.41, 5.74) is 2.51. The van der Waals surface area contributed by atoms with Crippen LogP contribution >= 0.6 is 11.8 Å². The number of hydrogen-bond acceptors (Lipinski definition) is 5. The number of nitrogens with zero attached hydrogens (tertiary/aromatic N) is 2. The van der Waals surface area contributed by atoms with Gasteiger partial charge >= 0.3 is 0 Å². The molecule has 1 N–H and O–H groups in total. The van der Waals surface area contributed by atoms with Crippen molar-refractivity contribution < 1.29 is 14.5 Å². The molecule has 148 valence electrons. The van der Waals surface area contributed by atoms with Gasteiger partial charge in [0.1, 0.15) is 0 Å². The summed E-state index contributed by atoms with van der Waals surface area (Å²) in [6.07, 6.45) is 0. The monoisotopic (exact) mass is 401 g/mol. The Morgan fingerprint density at radius 1 is 1.18 bits per heavy atom. The van der Waals surface area contributed by atoms with Crippen molar-refractivity contribution in [1.82, 2.24) is 4.90 Å². The first-order valence-corrected chi connectivity index (χ1v) is 9.87. The van der Waals surface area contributed by atoms with Crippen molar-refractivity contribution in [3.63, 3.8) is 0 Å². The lowest BCUT2D eigenvalue weighted by atomic mass is 10.1. The highest BCUT2D eigenvalue weighted by Gasteiger charge is 2.19. The first kappa shape index (κ1) is 21.4. The Labute approximate surface area is 168 Å². The van der Waals surface area contributed by atoms with E-state index in [1.54, 1.807) is 19.2 Å². The average Bonchev–Trinajstić information content (AvgIpc) is 2.68. The van der Waals surface area contributed by atoms with Crippen LogP contribution in [0.2, 0.25) is 0 Å². The number of benzene rings is 2. The number of non-ortho nitro benzene ring substituents is 1. The van der Waals surface area contributed by atoms with Crippen LogP contribution < -0.4 is 5.32 Å². The fraction of sp³-hybridized carbons (Fsp3) is 0.300. The summed E-state index contributed by atoms with van der Waals surface area (Å²) < 4.78 is 0. The first-order chi connectivity index (χ1) is 13.3. The summed E-state index contributed by atoms with van der Waals surface area (Å²) in [6, 6.07) is 13.4. The van der Waals surface area contributed by atoms with Crippen LogP contribution in [0.3, 0.4) is 0 Å². The summed E-state index contributed by atoms with van der Waals surface area (Å²) >= 11 is 1.23. The van der Waals surface area contributed by atoms with Gasteiger partial charge in [0, 0.05) is 24.9 Å². The molecule has 2 rings (SSSR count). The number of anilines is 1. The number of nitrogens with one attached hydrogen (secondary N) is 1. The summed E-state index contributed by atoms with van der Waals surface area (Å²) in [4.78, 5) is 36.4. The normalized spacial score (nSPS) is 11.5. The molecule has 0 heterocycles. The van der Waals surface area contributed by atoms with Crippen molar-refractivity contribution >= 4 is 35.0 Å². The van der Waals surface area contributed by atoms with E-state index < -0.39 is 4.92 Å². The van der Waals surface area contributed by atoms with Crippen LogP contribution in [0.1, 0.15) is 24.1 Å². The second kappa shape index (κ2) is 9.89. The van der Waals surface area contributed by atoms with E-state index in [-0.39, 0.29) is 35.0 Å². The third-order valence-electron chi connectivity index (χ3n) is 4.33. The van der Waals surface area contributed by atoms with Gasteiger partial charge in [0.05, 0.1) is 22.5 Å². The van der Waals surface area contributed by atoms with Crippen LogP contribution in [0.5, 0.6) is 0 Å². The van der Waals surface area contributed by atoms with Crippen molar-refractivity contribution in [2.24, 2.45) is 0 Å². The SMILES string of the molecule is Cc1ccc(NC(=O)CSCC(=O)N(C)[C@@H](C)c2cccc([N+](=O)[O-])c2)cc1. The first-order valence-electron chi connectivity index (χ1n) is 8.72. The van der Waals surface area contributed by atoms with Gasteiger partial charge in [-0.05, 0) is 31.5 Å².